The van der Waals surface area contributed by atoms with Crippen molar-refractivity contribution >= 4 is 22.7 Å². The van der Waals surface area contributed by atoms with E-state index in [1.54, 1.807) is 0 Å². The summed E-state index contributed by atoms with van der Waals surface area (Å²) in [4.78, 5) is 0. The van der Waals surface area contributed by atoms with E-state index >= 15 is 0 Å². The van der Waals surface area contributed by atoms with Gasteiger partial charge in [0.05, 0.1) is 6.26 Å². The highest BCUT2D eigenvalue weighted by molar-refractivity contribution is 7.88. The molecule has 0 aromatic carbocycles. The molecule has 5 heteroatoms. The van der Waals surface area contributed by atoms with E-state index < -0.39 is 10.0 Å². The zero-order valence-electron chi connectivity index (χ0n) is 6.38. The molecule has 62 valence electrons. The number of hydrogen-bond acceptors (Lipinski definition) is 3. The molecule has 0 heterocycles. The van der Waals surface area contributed by atoms with Crippen molar-refractivity contribution in [2.24, 2.45) is 0 Å². The van der Waals surface area contributed by atoms with Gasteiger partial charge < -0.3 is 0 Å². The van der Waals surface area contributed by atoms with Crippen molar-refractivity contribution < 1.29 is 8.42 Å². The fourth-order valence-electron chi connectivity index (χ4n) is 0.308. The first-order chi connectivity index (χ1) is 4.21. The van der Waals surface area contributed by atoms with Gasteiger partial charge in [0.25, 0.3) is 0 Å². The van der Waals surface area contributed by atoms with E-state index in [1.807, 2.05) is 13.8 Å². The van der Waals surface area contributed by atoms with Crippen molar-refractivity contribution in [3.63, 3.8) is 0 Å². The highest BCUT2D eigenvalue weighted by Gasteiger charge is 2.13. The Balaban J connectivity index is 3.79. The molecular weight excluding hydrogens is 170 g/mol. The van der Waals surface area contributed by atoms with Gasteiger partial charge >= 0.3 is 0 Å². The first-order valence-corrected chi connectivity index (χ1v) is 5.22. The molecule has 0 unspecified atom stereocenters. The van der Waals surface area contributed by atoms with Crippen molar-refractivity contribution in [3.05, 3.63) is 0 Å². The molecule has 0 atom stereocenters. The van der Waals surface area contributed by atoms with Crippen molar-refractivity contribution in [2.45, 2.75) is 18.6 Å². The van der Waals surface area contributed by atoms with Gasteiger partial charge in [-0.3, -0.25) is 0 Å². The Morgan fingerprint density at radius 3 is 2.00 bits per heavy atom. The van der Waals surface area contributed by atoms with Crippen molar-refractivity contribution in [3.8, 4) is 0 Å². The lowest BCUT2D eigenvalue weighted by atomic mass is 10.2. The summed E-state index contributed by atoms with van der Waals surface area (Å²) in [5.41, 5.74) is 0. The molecule has 0 aromatic rings. The molecule has 0 aliphatic rings. The SMILES string of the molecule is CC(C)(S)CNS(C)(=O)=O. The first-order valence-electron chi connectivity index (χ1n) is 2.88. The van der Waals surface area contributed by atoms with Crippen LogP contribution >= 0.6 is 12.6 Å². The second-order valence-electron chi connectivity index (χ2n) is 2.91. The molecule has 0 amide bonds. The van der Waals surface area contributed by atoms with Crippen molar-refractivity contribution in [2.75, 3.05) is 12.8 Å². The molecule has 1 N–H and O–H groups in total. The quantitative estimate of drug-likeness (QED) is 0.616. The van der Waals surface area contributed by atoms with Crippen LogP contribution in [0.3, 0.4) is 0 Å². The van der Waals surface area contributed by atoms with E-state index in [0.29, 0.717) is 6.54 Å². The predicted octanol–water partition coefficient (Wildman–Crippen LogP) is 0.244. The Hall–Kier alpha value is 0.260. The molecule has 0 bridgehead atoms. The van der Waals surface area contributed by atoms with Gasteiger partial charge in [0.15, 0.2) is 0 Å². The van der Waals surface area contributed by atoms with Gasteiger partial charge in [0.1, 0.15) is 0 Å². The summed E-state index contributed by atoms with van der Waals surface area (Å²) in [5, 5.41) is 0. The van der Waals surface area contributed by atoms with Crippen LogP contribution in [-0.2, 0) is 10.0 Å². The van der Waals surface area contributed by atoms with E-state index in [2.05, 4.69) is 17.4 Å². The molecule has 3 nitrogen and oxygen atoms in total. The normalized spacial score (nSPS) is 13.6. The van der Waals surface area contributed by atoms with Crippen molar-refractivity contribution in [1.82, 2.24) is 4.72 Å². The minimum Gasteiger partial charge on any atom is -0.214 e. The zero-order chi connectivity index (χ0) is 8.41. The number of thiol groups is 1. The maximum atomic E-state index is 10.5. The van der Waals surface area contributed by atoms with Crippen LogP contribution in [0.15, 0.2) is 0 Å². The summed E-state index contributed by atoms with van der Waals surface area (Å²) in [6.07, 6.45) is 1.13. The topological polar surface area (TPSA) is 46.2 Å². The van der Waals surface area contributed by atoms with Crippen LogP contribution in [0, 0.1) is 0 Å². The van der Waals surface area contributed by atoms with Crippen LogP contribution in [0.5, 0.6) is 0 Å². The summed E-state index contributed by atoms with van der Waals surface area (Å²) in [6.45, 7) is 4.04. The molecule has 0 rings (SSSR count). The Labute approximate surface area is 67.7 Å². The number of nitrogens with one attached hydrogen (secondary N) is 1. The van der Waals surface area contributed by atoms with E-state index in [1.165, 1.54) is 0 Å². The second-order valence-corrected chi connectivity index (χ2v) is 5.95. The Kier molecular flexibility index (Phi) is 3.19. The average molecular weight is 183 g/mol. The maximum Gasteiger partial charge on any atom is 0.208 e. The molecule has 0 spiro atoms. The fraction of sp³-hybridized carbons (Fsp3) is 1.00. The minimum absolute atomic E-state index is 0.289. The van der Waals surface area contributed by atoms with Crippen LogP contribution in [0.4, 0.5) is 0 Å². The van der Waals surface area contributed by atoms with Crippen LogP contribution in [-0.4, -0.2) is 26.0 Å². The monoisotopic (exact) mass is 183 g/mol. The highest BCUT2D eigenvalue weighted by atomic mass is 32.2. The largest absolute Gasteiger partial charge is 0.214 e. The summed E-state index contributed by atoms with van der Waals surface area (Å²) in [7, 11) is -3.06. The van der Waals surface area contributed by atoms with Crippen LogP contribution < -0.4 is 4.72 Å². The average Bonchev–Trinajstić information content (AvgIpc) is 1.57. The Morgan fingerprint density at radius 2 is 1.90 bits per heavy atom. The third kappa shape index (κ3) is 8.26. The maximum absolute atomic E-state index is 10.5. The summed E-state index contributed by atoms with van der Waals surface area (Å²) in [6, 6.07) is 0. The van der Waals surface area contributed by atoms with Gasteiger partial charge in [-0.05, 0) is 13.8 Å². The first kappa shape index (κ1) is 10.3. The standard InChI is InChI=1S/C5H13NO2S2/c1-5(2,9)4-6-10(3,7)8/h6,9H,4H2,1-3H3. The second kappa shape index (κ2) is 3.11. The number of sulfonamides is 1. The van der Waals surface area contributed by atoms with Gasteiger partial charge in [0, 0.05) is 11.3 Å². The molecule has 0 aliphatic carbocycles. The summed E-state index contributed by atoms with van der Waals surface area (Å²) >= 11 is 4.14. The lowest BCUT2D eigenvalue weighted by Crippen LogP contribution is -2.33. The molecular formula is C5H13NO2S2. The lowest BCUT2D eigenvalue weighted by molar-refractivity contribution is 0.577. The van der Waals surface area contributed by atoms with Crippen LogP contribution in [0.25, 0.3) is 0 Å². The molecule has 0 radical (unpaired) electrons. The zero-order valence-corrected chi connectivity index (χ0v) is 8.09. The van der Waals surface area contributed by atoms with Gasteiger partial charge in [-0.2, -0.15) is 12.6 Å². The van der Waals surface area contributed by atoms with E-state index in [4.69, 9.17) is 0 Å². The summed E-state index contributed by atoms with van der Waals surface area (Å²) in [5.74, 6) is 0. The fourth-order valence-corrected chi connectivity index (χ4v) is 1.12. The summed E-state index contributed by atoms with van der Waals surface area (Å²) < 4.78 is 23.1. The van der Waals surface area contributed by atoms with E-state index in [0.717, 1.165) is 6.26 Å². The Bertz CT molecular complexity index is 190. The molecule has 0 saturated heterocycles. The Morgan fingerprint density at radius 1 is 1.50 bits per heavy atom. The lowest BCUT2D eigenvalue weighted by Gasteiger charge is -2.16. The molecule has 0 fully saturated rings. The molecule has 0 aromatic heterocycles. The third-order valence-electron chi connectivity index (χ3n) is 0.767. The molecule has 0 aliphatic heterocycles. The van der Waals surface area contributed by atoms with Crippen LogP contribution in [0.2, 0.25) is 0 Å². The van der Waals surface area contributed by atoms with Crippen LogP contribution in [0.1, 0.15) is 13.8 Å². The predicted molar refractivity (Wildman–Crippen MR) is 45.9 cm³/mol. The van der Waals surface area contributed by atoms with Crippen molar-refractivity contribution in [1.29, 1.82) is 0 Å². The van der Waals surface area contributed by atoms with Gasteiger partial charge in [-0.15, -0.1) is 0 Å². The molecule has 0 saturated carbocycles. The highest BCUT2D eigenvalue weighted by Crippen LogP contribution is 2.09. The third-order valence-corrected chi connectivity index (χ3v) is 1.59. The number of rotatable bonds is 3. The minimum atomic E-state index is -3.06. The van der Waals surface area contributed by atoms with Gasteiger partial charge in [-0.25, -0.2) is 13.1 Å². The number of hydrogen-bond donors (Lipinski definition) is 2. The smallest absolute Gasteiger partial charge is 0.208 e. The molecule has 10 heavy (non-hydrogen) atoms. The van der Waals surface area contributed by atoms with E-state index in [-0.39, 0.29) is 4.75 Å². The van der Waals surface area contributed by atoms with E-state index in [9.17, 15) is 8.42 Å². The van der Waals surface area contributed by atoms with Gasteiger partial charge in [0.2, 0.25) is 10.0 Å². The van der Waals surface area contributed by atoms with Gasteiger partial charge in [-0.1, -0.05) is 0 Å².